The normalized spacial score (nSPS) is 49.9. The highest BCUT2D eigenvalue weighted by Crippen LogP contribution is 2.60. The fourth-order valence-corrected chi connectivity index (χ4v) is 4.70. The number of allylic oxidation sites excluding steroid dienone is 1. The van der Waals surface area contributed by atoms with Crippen molar-refractivity contribution in [2.45, 2.75) is 39.5 Å². The lowest BCUT2D eigenvalue weighted by Crippen LogP contribution is -2.47. The van der Waals surface area contributed by atoms with Crippen LogP contribution in [-0.4, -0.2) is 0 Å². The zero-order valence-electron chi connectivity index (χ0n) is 9.42. The smallest absolute Gasteiger partial charge is 0.0993 e. The van der Waals surface area contributed by atoms with E-state index >= 15 is 0 Å². The fourth-order valence-electron chi connectivity index (χ4n) is 4.70. The van der Waals surface area contributed by atoms with Crippen molar-refractivity contribution >= 4 is 0 Å². The molecule has 14 heavy (non-hydrogen) atoms. The van der Waals surface area contributed by atoms with E-state index in [0.717, 1.165) is 29.6 Å². The predicted octanol–water partition coefficient (Wildman–Crippen LogP) is 3.84. The van der Waals surface area contributed by atoms with Crippen LogP contribution < -0.4 is 0 Å². The molecule has 0 spiro atoms. The Morgan fingerprint density at radius 3 is 1.79 bits per heavy atom. The molecule has 0 heterocycles. The minimum absolute atomic E-state index is 0.910. The molecule has 4 saturated carbocycles. The van der Waals surface area contributed by atoms with E-state index in [-0.39, 0.29) is 0 Å². The summed E-state index contributed by atoms with van der Waals surface area (Å²) in [6.45, 7) is 9.01. The first kappa shape index (κ1) is 8.88. The zero-order valence-corrected chi connectivity index (χ0v) is 9.42. The molecule has 4 aliphatic carbocycles. The van der Waals surface area contributed by atoms with Crippen LogP contribution >= 0.6 is 0 Å². The molecule has 0 atom stereocenters. The first-order valence-electron chi connectivity index (χ1n) is 6.15. The summed E-state index contributed by atoms with van der Waals surface area (Å²) in [6.07, 6.45) is 5.84. The molecule has 4 fully saturated rings. The van der Waals surface area contributed by atoms with Crippen LogP contribution in [0.25, 0.3) is 0 Å². The van der Waals surface area contributed by atoms with Crippen molar-refractivity contribution in [3.05, 3.63) is 18.1 Å². The molecule has 0 amide bonds. The summed E-state index contributed by atoms with van der Waals surface area (Å²) in [5.74, 6) is 6.53. The highest BCUT2D eigenvalue weighted by atomic mass is 14.5. The van der Waals surface area contributed by atoms with Crippen LogP contribution in [0, 0.1) is 35.5 Å². The summed E-state index contributed by atoms with van der Waals surface area (Å²) in [5, 5.41) is 0. The molecule has 0 saturated heterocycles. The second kappa shape index (κ2) is 2.81. The summed E-state index contributed by atoms with van der Waals surface area (Å²) in [6, 6.07) is 0. The maximum atomic E-state index is 4.32. The van der Waals surface area contributed by atoms with Crippen molar-refractivity contribution in [2.24, 2.45) is 29.6 Å². The topological polar surface area (TPSA) is 0 Å². The quantitative estimate of drug-likeness (QED) is 0.434. The van der Waals surface area contributed by atoms with Crippen LogP contribution in [0.1, 0.15) is 39.5 Å². The van der Waals surface area contributed by atoms with E-state index in [9.17, 15) is 0 Å². The van der Waals surface area contributed by atoms with Crippen LogP contribution in [-0.2, 0) is 0 Å². The second-order valence-corrected chi connectivity index (χ2v) is 6.03. The van der Waals surface area contributed by atoms with Gasteiger partial charge >= 0.3 is 0 Å². The van der Waals surface area contributed by atoms with Crippen LogP contribution in [0.15, 0.2) is 12.2 Å². The lowest BCUT2D eigenvalue weighted by molar-refractivity contribution is 0.0112. The van der Waals surface area contributed by atoms with Gasteiger partial charge in [0, 0.05) is 11.8 Å². The summed E-state index contributed by atoms with van der Waals surface area (Å²) >= 11 is 0. The minimum Gasteiger partial charge on any atom is -0.0993 e. The fraction of sp³-hybridized carbons (Fsp3) is 0.786. The average Bonchev–Trinajstić information content (AvgIpc) is 2.10. The van der Waals surface area contributed by atoms with Crippen molar-refractivity contribution < 1.29 is 0 Å². The van der Waals surface area contributed by atoms with Gasteiger partial charge in [-0.15, -0.1) is 0 Å². The molecule has 0 aromatic carbocycles. The molecule has 4 aliphatic rings. The molecule has 0 unspecified atom stereocenters. The van der Waals surface area contributed by atoms with Gasteiger partial charge in [-0.2, -0.15) is 0 Å². The predicted molar refractivity (Wildman–Crippen MR) is 59.6 cm³/mol. The number of hydrogen-bond acceptors (Lipinski definition) is 0. The maximum absolute atomic E-state index is 4.32. The van der Waals surface area contributed by atoms with Gasteiger partial charge in [-0.25, -0.2) is 0 Å². The monoisotopic (exact) mass is 189 g/mol. The van der Waals surface area contributed by atoms with Crippen molar-refractivity contribution in [1.29, 1.82) is 0 Å². The molecule has 4 rings (SSSR count). The average molecular weight is 189 g/mol. The Balaban J connectivity index is 1.89. The van der Waals surface area contributed by atoms with Gasteiger partial charge in [-0.1, -0.05) is 12.2 Å². The standard InChI is InChI=1S/C14H21/c1-8(2)14-12-4-10-5-13(14)7-11(6-12)9(10)3/h10-14H,3-7H2,1-2H3/q+1. The largest absolute Gasteiger partial charge is 0.105 e. The number of hydrogen-bond donors (Lipinski definition) is 0. The van der Waals surface area contributed by atoms with Crippen molar-refractivity contribution in [1.82, 2.24) is 0 Å². The van der Waals surface area contributed by atoms with Gasteiger partial charge < -0.3 is 0 Å². The lowest BCUT2D eigenvalue weighted by atomic mass is 9.48. The third kappa shape index (κ3) is 1.03. The maximum Gasteiger partial charge on any atom is 0.105 e. The zero-order chi connectivity index (χ0) is 9.87. The van der Waals surface area contributed by atoms with Crippen molar-refractivity contribution in [3.63, 3.8) is 0 Å². The molecule has 0 aliphatic heterocycles. The third-order valence-corrected chi connectivity index (χ3v) is 5.08. The molecule has 0 radical (unpaired) electrons. The number of rotatable bonds is 1. The van der Waals surface area contributed by atoms with Crippen LogP contribution in [0.5, 0.6) is 0 Å². The van der Waals surface area contributed by atoms with Crippen LogP contribution in [0.4, 0.5) is 0 Å². The highest BCUT2D eigenvalue weighted by Gasteiger charge is 2.54. The van der Waals surface area contributed by atoms with Crippen molar-refractivity contribution in [2.75, 3.05) is 0 Å². The Morgan fingerprint density at radius 1 is 1.00 bits per heavy atom. The minimum atomic E-state index is 0.910. The summed E-state index contributed by atoms with van der Waals surface area (Å²) < 4.78 is 0. The van der Waals surface area contributed by atoms with Gasteiger partial charge in [0.2, 0.25) is 0 Å². The Morgan fingerprint density at radius 2 is 1.43 bits per heavy atom. The Kier molecular flexibility index (Phi) is 1.78. The van der Waals surface area contributed by atoms with Gasteiger partial charge in [-0.05, 0) is 37.5 Å². The third-order valence-electron chi connectivity index (χ3n) is 5.08. The Bertz CT molecular complexity index is 229. The van der Waals surface area contributed by atoms with E-state index in [1.54, 1.807) is 11.5 Å². The molecule has 0 heteroatoms. The summed E-state index contributed by atoms with van der Waals surface area (Å²) in [4.78, 5) is 0. The first-order chi connectivity index (χ1) is 6.66. The second-order valence-electron chi connectivity index (χ2n) is 6.03. The molecular formula is C14H21+. The van der Waals surface area contributed by atoms with E-state index in [2.05, 4.69) is 20.4 Å². The highest BCUT2D eigenvalue weighted by molar-refractivity contribution is 5.20. The molecule has 0 aromatic rings. The van der Waals surface area contributed by atoms with Gasteiger partial charge in [0.05, 0.1) is 19.8 Å². The van der Waals surface area contributed by atoms with E-state index in [0.29, 0.717) is 0 Å². The molecule has 0 N–H and O–H groups in total. The van der Waals surface area contributed by atoms with Crippen LogP contribution in [0.2, 0.25) is 0 Å². The van der Waals surface area contributed by atoms with E-state index in [1.807, 2.05) is 0 Å². The SMILES string of the molecule is C=C1C2CC3CC1CC(C2)C3[C+](C)C. The first-order valence-corrected chi connectivity index (χ1v) is 6.15. The van der Waals surface area contributed by atoms with E-state index < -0.39 is 0 Å². The van der Waals surface area contributed by atoms with Crippen molar-refractivity contribution in [3.8, 4) is 0 Å². The molecule has 0 nitrogen and oxygen atoms in total. The Labute approximate surface area is 87.8 Å². The summed E-state index contributed by atoms with van der Waals surface area (Å²) in [5.41, 5.74) is 1.62. The Hall–Kier alpha value is -0.390. The summed E-state index contributed by atoms with van der Waals surface area (Å²) in [7, 11) is 0. The van der Waals surface area contributed by atoms with Gasteiger partial charge in [0.1, 0.15) is 5.92 Å². The molecule has 0 aromatic heterocycles. The molecular weight excluding hydrogens is 168 g/mol. The lowest BCUT2D eigenvalue weighted by Gasteiger charge is -2.53. The van der Waals surface area contributed by atoms with Gasteiger partial charge in [0.25, 0.3) is 0 Å². The van der Waals surface area contributed by atoms with Gasteiger partial charge in [0.15, 0.2) is 0 Å². The van der Waals surface area contributed by atoms with E-state index in [1.165, 1.54) is 25.7 Å². The van der Waals surface area contributed by atoms with E-state index in [4.69, 9.17) is 0 Å². The molecule has 76 valence electrons. The van der Waals surface area contributed by atoms with Crippen LogP contribution in [0.3, 0.4) is 0 Å². The van der Waals surface area contributed by atoms with Gasteiger partial charge in [-0.3, -0.25) is 0 Å². The molecule has 4 bridgehead atoms.